The summed E-state index contributed by atoms with van der Waals surface area (Å²) in [5, 5.41) is 19.2. The molecule has 34 heavy (non-hydrogen) atoms. The predicted molar refractivity (Wildman–Crippen MR) is 133 cm³/mol. The van der Waals surface area contributed by atoms with Crippen molar-refractivity contribution in [2.24, 2.45) is 0 Å². The zero-order chi connectivity index (χ0) is 23.2. The summed E-state index contributed by atoms with van der Waals surface area (Å²) >= 11 is 0. The normalized spacial score (nSPS) is 11.1. The summed E-state index contributed by atoms with van der Waals surface area (Å²) in [6.45, 7) is 3.11. The van der Waals surface area contributed by atoms with Gasteiger partial charge >= 0.3 is 0 Å². The van der Waals surface area contributed by atoms with E-state index in [1.165, 1.54) is 18.4 Å². The van der Waals surface area contributed by atoms with Crippen LogP contribution in [0.5, 0.6) is 0 Å². The second-order valence-electron chi connectivity index (χ2n) is 8.32. The first-order valence-corrected chi connectivity index (χ1v) is 11.7. The lowest BCUT2D eigenvalue weighted by atomic mass is 9.98. The molecule has 5 rings (SSSR count). The molecule has 0 atom stereocenters. The van der Waals surface area contributed by atoms with Crippen molar-refractivity contribution in [3.05, 3.63) is 90.3 Å². The van der Waals surface area contributed by atoms with Gasteiger partial charge in [0.25, 0.3) is 0 Å². The van der Waals surface area contributed by atoms with Gasteiger partial charge in [-0.3, -0.25) is 0 Å². The number of aromatic nitrogens is 7. The molecule has 1 N–H and O–H groups in total. The fraction of sp³-hybridized carbons (Fsp3) is 0.222. The maximum Gasteiger partial charge on any atom is 0.181 e. The Morgan fingerprint density at radius 3 is 2.29 bits per heavy atom. The fourth-order valence-corrected chi connectivity index (χ4v) is 4.10. The van der Waals surface area contributed by atoms with E-state index in [2.05, 4.69) is 74.7 Å². The average molecular weight is 450 g/mol. The summed E-state index contributed by atoms with van der Waals surface area (Å²) in [5.41, 5.74) is 5.42. The Bertz CT molecular complexity index is 1320. The summed E-state index contributed by atoms with van der Waals surface area (Å²) in [4.78, 5) is 4.91. The highest BCUT2D eigenvalue weighted by molar-refractivity contribution is 5.80. The van der Waals surface area contributed by atoms with Gasteiger partial charge in [-0.25, -0.2) is 14.8 Å². The Morgan fingerprint density at radius 2 is 1.56 bits per heavy atom. The van der Waals surface area contributed by atoms with Crippen molar-refractivity contribution < 1.29 is 0 Å². The standard InChI is InChI=1S/C27H27N7/c1-2-3-9-18-34-25(28-26(31-34)22-10-5-4-6-11-22)19-20-14-16-21(17-15-20)23-12-7-8-13-24(23)27-29-32-33-30-27/h4-8,10-17H,2-3,9,18-19H2,1H3,(H,29,30,32,33). The predicted octanol–water partition coefficient (Wildman–Crippen LogP) is 5.57. The number of unbranched alkanes of at least 4 members (excludes halogenated alkanes) is 2. The molecule has 0 spiro atoms. The van der Waals surface area contributed by atoms with Gasteiger partial charge in [-0.1, -0.05) is 98.6 Å². The Balaban J connectivity index is 1.40. The number of nitrogens with zero attached hydrogens (tertiary/aromatic N) is 6. The second-order valence-corrected chi connectivity index (χ2v) is 8.32. The number of H-pyrrole nitrogens is 1. The topological polar surface area (TPSA) is 85.2 Å². The fourth-order valence-electron chi connectivity index (χ4n) is 4.10. The van der Waals surface area contributed by atoms with Gasteiger partial charge in [-0.15, -0.1) is 5.10 Å². The van der Waals surface area contributed by atoms with Crippen molar-refractivity contribution in [3.63, 3.8) is 0 Å². The van der Waals surface area contributed by atoms with Gasteiger partial charge in [0.2, 0.25) is 0 Å². The zero-order valence-electron chi connectivity index (χ0n) is 19.2. The van der Waals surface area contributed by atoms with E-state index in [1.54, 1.807) is 0 Å². The first-order chi connectivity index (χ1) is 16.8. The monoisotopic (exact) mass is 449 g/mol. The van der Waals surface area contributed by atoms with Crippen LogP contribution in [0.2, 0.25) is 0 Å². The summed E-state index contributed by atoms with van der Waals surface area (Å²) < 4.78 is 2.08. The Hall–Kier alpha value is -4.13. The van der Waals surface area contributed by atoms with Crippen LogP contribution < -0.4 is 0 Å². The quantitative estimate of drug-likeness (QED) is 0.297. The third-order valence-corrected chi connectivity index (χ3v) is 5.91. The molecule has 0 saturated carbocycles. The molecular weight excluding hydrogens is 422 g/mol. The van der Waals surface area contributed by atoms with Crippen molar-refractivity contribution in [1.82, 2.24) is 35.4 Å². The Morgan fingerprint density at radius 1 is 0.794 bits per heavy atom. The minimum absolute atomic E-state index is 0.660. The highest BCUT2D eigenvalue weighted by Crippen LogP contribution is 2.30. The van der Waals surface area contributed by atoms with Crippen molar-refractivity contribution in [2.75, 3.05) is 0 Å². The molecule has 7 nitrogen and oxygen atoms in total. The van der Waals surface area contributed by atoms with E-state index in [0.29, 0.717) is 5.82 Å². The van der Waals surface area contributed by atoms with E-state index in [1.807, 2.05) is 36.4 Å². The molecule has 0 aliphatic heterocycles. The van der Waals surface area contributed by atoms with Gasteiger partial charge in [-0.2, -0.15) is 5.10 Å². The number of hydrogen-bond donors (Lipinski definition) is 1. The van der Waals surface area contributed by atoms with Crippen LogP contribution in [0, 0.1) is 0 Å². The number of nitrogens with one attached hydrogen (secondary N) is 1. The van der Waals surface area contributed by atoms with Crippen LogP contribution in [-0.4, -0.2) is 35.4 Å². The number of aromatic amines is 1. The molecule has 2 aromatic heterocycles. The van der Waals surface area contributed by atoms with Crippen LogP contribution >= 0.6 is 0 Å². The minimum Gasteiger partial charge on any atom is -0.249 e. The van der Waals surface area contributed by atoms with Crippen LogP contribution in [0.15, 0.2) is 78.9 Å². The number of aryl methyl sites for hydroxylation is 1. The van der Waals surface area contributed by atoms with Crippen molar-refractivity contribution >= 4 is 0 Å². The van der Waals surface area contributed by atoms with Crippen LogP contribution in [0.1, 0.15) is 37.6 Å². The van der Waals surface area contributed by atoms with Gasteiger partial charge < -0.3 is 0 Å². The molecule has 0 unspecified atom stereocenters. The second kappa shape index (κ2) is 10.2. The highest BCUT2D eigenvalue weighted by atomic mass is 15.5. The van der Waals surface area contributed by atoms with E-state index >= 15 is 0 Å². The lowest BCUT2D eigenvalue weighted by Crippen LogP contribution is -2.06. The maximum atomic E-state index is 4.91. The Labute approximate surface area is 198 Å². The molecule has 7 heteroatoms. The van der Waals surface area contributed by atoms with Crippen molar-refractivity contribution in [3.8, 4) is 33.9 Å². The molecule has 0 radical (unpaired) electrons. The number of hydrogen-bond acceptors (Lipinski definition) is 5. The molecular formula is C27H27N7. The van der Waals surface area contributed by atoms with E-state index in [9.17, 15) is 0 Å². The Kier molecular flexibility index (Phi) is 6.52. The molecule has 0 aliphatic carbocycles. The minimum atomic E-state index is 0.660. The molecule has 0 fully saturated rings. The van der Waals surface area contributed by atoms with Crippen LogP contribution in [0.25, 0.3) is 33.9 Å². The third-order valence-electron chi connectivity index (χ3n) is 5.91. The van der Waals surface area contributed by atoms with Gasteiger partial charge in [-0.05, 0) is 33.5 Å². The van der Waals surface area contributed by atoms with E-state index in [0.717, 1.165) is 53.3 Å². The smallest absolute Gasteiger partial charge is 0.181 e. The summed E-state index contributed by atoms with van der Waals surface area (Å²) in [7, 11) is 0. The van der Waals surface area contributed by atoms with Crippen LogP contribution in [0.4, 0.5) is 0 Å². The SMILES string of the molecule is CCCCCn1nc(-c2ccccc2)nc1Cc1ccc(-c2ccccc2-c2nnn[nH]2)cc1. The van der Waals surface area contributed by atoms with Crippen molar-refractivity contribution in [2.45, 2.75) is 39.2 Å². The first-order valence-electron chi connectivity index (χ1n) is 11.7. The molecule has 170 valence electrons. The number of rotatable bonds is 9. The lowest BCUT2D eigenvalue weighted by molar-refractivity contribution is 0.535. The first kappa shape index (κ1) is 21.7. The van der Waals surface area contributed by atoms with E-state index in [4.69, 9.17) is 10.1 Å². The highest BCUT2D eigenvalue weighted by Gasteiger charge is 2.13. The van der Waals surface area contributed by atoms with Gasteiger partial charge in [0.05, 0.1) is 0 Å². The van der Waals surface area contributed by atoms with Crippen molar-refractivity contribution in [1.29, 1.82) is 0 Å². The van der Waals surface area contributed by atoms with Gasteiger partial charge in [0.1, 0.15) is 5.82 Å². The molecule has 2 heterocycles. The summed E-state index contributed by atoms with van der Waals surface area (Å²) in [6.07, 6.45) is 4.21. The maximum absolute atomic E-state index is 4.91. The zero-order valence-corrected chi connectivity index (χ0v) is 19.2. The summed E-state index contributed by atoms with van der Waals surface area (Å²) in [5.74, 6) is 2.45. The molecule has 0 aliphatic rings. The molecule has 5 aromatic rings. The lowest BCUT2D eigenvalue weighted by Gasteiger charge is -2.09. The van der Waals surface area contributed by atoms with E-state index < -0.39 is 0 Å². The van der Waals surface area contributed by atoms with Gasteiger partial charge in [0.15, 0.2) is 11.6 Å². The molecule has 3 aromatic carbocycles. The molecule has 0 saturated heterocycles. The number of benzene rings is 3. The molecule has 0 amide bonds. The summed E-state index contributed by atoms with van der Waals surface area (Å²) in [6, 6.07) is 26.9. The van der Waals surface area contributed by atoms with Crippen LogP contribution in [0.3, 0.4) is 0 Å². The number of tetrazole rings is 1. The third kappa shape index (κ3) is 4.78. The average Bonchev–Trinajstić information content (AvgIpc) is 3.56. The van der Waals surface area contributed by atoms with E-state index in [-0.39, 0.29) is 0 Å². The van der Waals surface area contributed by atoms with Crippen LogP contribution in [-0.2, 0) is 13.0 Å². The molecule has 0 bridgehead atoms. The van der Waals surface area contributed by atoms with Gasteiger partial charge in [0, 0.05) is 24.1 Å². The largest absolute Gasteiger partial charge is 0.249 e.